The van der Waals surface area contributed by atoms with E-state index in [4.69, 9.17) is 9.47 Å². The molecule has 0 radical (unpaired) electrons. The van der Waals surface area contributed by atoms with Gasteiger partial charge in [-0.1, -0.05) is 44.9 Å². The molecular formula is C22H32O7. The predicted octanol–water partition coefficient (Wildman–Crippen LogP) is 5.92. The molecule has 7 heteroatoms. The Balaban J connectivity index is 1.69. The molecule has 0 N–H and O–H groups in total. The van der Waals surface area contributed by atoms with Gasteiger partial charge in [0.1, 0.15) is 11.9 Å². The first-order chi connectivity index (χ1) is 14.2. The van der Waals surface area contributed by atoms with Crippen molar-refractivity contribution in [3.8, 4) is 5.75 Å². The lowest BCUT2D eigenvalue weighted by molar-refractivity contribution is -0.453. The van der Waals surface area contributed by atoms with Gasteiger partial charge in [-0.05, 0) is 56.9 Å². The van der Waals surface area contributed by atoms with E-state index in [1.54, 1.807) is 12.1 Å². The van der Waals surface area contributed by atoms with Gasteiger partial charge in [0.25, 0.3) is 0 Å². The molecule has 29 heavy (non-hydrogen) atoms. The summed E-state index contributed by atoms with van der Waals surface area (Å²) in [5, 5.41) is 4.31. The maximum absolute atomic E-state index is 11.9. The second kappa shape index (κ2) is 13.8. The highest BCUT2D eigenvalue weighted by molar-refractivity contribution is 5.89. The zero-order valence-electron chi connectivity index (χ0n) is 17.2. The van der Waals surface area contributed by atoms with Crippen LogP contribution in [0.5, 0.6) is 5.75 Å². The Morgan fingerprint density at radius 2 is 1.38 bits per heavy atom. The largest absolute Gasteiger partial charge is 0.543 e. The first-order valence-corrected chi connectivity index (χ1v) is 10.7. The third-order valence-electron chi connectivity index (χ3n) is 4.93. The van der Waals surface area contributed by atoms with Crippen LogP contribution in [0, 0.1) is 0 Å². The molecule has 1 aliphatic carbocycles. The van der Waals surface area contributed by atoms with Crippen LogP contribution in [-0.4, -0.2) is 24.8 Å². The fraction of sp³-hybridized carbons (Fsp3) is 0.636. The second-order valence-corrected chi connectivity index (χ2v) is 7.23. The topological polar surface area (TPSA) is 80.3 Å². The quantitative estimate of drug-likeness (QED) is 0.328. The lowest BCUT2D eigenvalue weighted by Gasteiger charge is -2.17. The van der Waals surface area contributed by atoms with Crippen molar-refractivity contribution in [1.29, 1.82) is 0 Å². The van der Waals surface area contributed by atoms with Crippen molar-refractivity contribution in [2.24, 2.45) is 0 Å². The average molecular weight is 408 g/mol. The molecule has 0 aliphatic heterocycles. The Bertz CT molecular complexity index is 588. The van der Waals surface area contributed by atoms with Crippen molar-refractivity contribution in [2.45, 2.75) is 83.7 Å². The van der Waals surface area contributed by atoms with Gasteiger partial charge in [-0.3, -0.25) is 4.89 Å². The summed E-state index contributed by atoms with van der Waals surface area (Å²) in [5.41, 5.74) is 0.240. The minimum absolute atomic E-state index is 0.202. The number of rotatable bonds is 6. The molecule has 1 saturated carbocycles. The van der Waals surface area contributed by atoms with Crippen LogP contribution in [0.15, 0.2) is 24.3 Å². The van der Waals surface area contributed by atoms with E-state index in [0.717, 1.165) is 38.5 Å². The van der Waals surface area contributed by atoms with Crippen LogP contribution in [0.2, 0.25) is 0 Å². The van der Waals surface area contributed by atoms with Crippen molar-refractivity contribution in [1.82, 2.24) is 0 Å². The molecule has 0 spiro atoms. The molecule has 1 fully saturated rings. The van der Waals surface area contributed by atoms with Crippen molar-refractivity contribution in [3.05, 3.63) is 29.8 Å². The summed E-state index contributed by atoms with van der Waals surface area (Å²) in [6.07, 6.45) is 11.1. The summed E-state index contributed by atoms with van der Waals surface area (Å²) in [4.78, 5) is 32.7. The molecule has 0 heterocycles. The Labute approximate surface area is 172 Å². The van der Waals surface area contributed by atoms with Crippen LogP contribution >= 0.6 is 0 Å². The summed E-state index contributed by atoms with van der Waals surface area (Å²) in [6.45, 7) is 2.40. The third-order valence-corrected chi connectivity index (χ3v) is 4.93. The standard InChI is InChI=1S/C22H32O7/c1-2-25-19-16-14-18(15-17-19)21(23)27-29-28-22(24)26-20-12-10-8-6-4-3-5-7-9-11-13-20/h14-17,20H,2-13H2,1H3. The minimum atomic E-state index is -0.999. The second-order valence-electron chi connectivity index (χ2n) is 7.23. The first kappa shape index (κ1) is 23.0. The number of benzene rings is 1. The van der Waals surface area contributed by atoms with Crippen LogP contribution in [-0.2, 0) is 19.6 Å². The number of carbonyl (C=O) groups excluding carboxylic acids is 2. The van der Waals surface area contributed by atoms with Gasteiger partial charge in [0, 0.05) is 0 Å². The maximum Gasteiger partial charge on any atom is 0.543 e. The molecule has 0 bridgehead atoms. The molecule has 0 saturated heterocycles. The van der Waals surface area contributed by atoms with Crippen LogP contribution in [0.25, 0.3) is 0 Å². The number of hydrogen-bond donors (Lipinski definition) is 0. The van der Waals surface area contributed by atoms with Crippen LogP contribution in [0.1, 0.15) is 87.9 Å². The van der Waals surface area contributed by atoms with Crippen LogP contribution in [0.4, 0.5) is 4.79 Å². The summed E-state index contributed by atoms with van der Waals surface area (Å²) >= 11 is 0. The fourth-order valence-corrected chi connectivity index (χ4v) is 3.38. The molecule has 0 atom stereocenters. The fourth-order valence-electron chi connectivity index (χ4n) is 3.38. The molecule has 1 aromatic rings. The van der Waals surface area contributed by atoms with E-state index < -0.39 is 12.1 Å². The van der Waals surface area contributed by atoms with Crippen molar-refractivity contribution in [3.63, 3.8) is 0 Å². The van der Waals surface area contributed by atoms with E-state index in [2.05, 4.69) is 14.8 Å². The zero-order chi connectivity index (χ0) is 20.7. The number of hydrogen-bond acceptors (Lipinski definition) is 7. The van der Waals surface area contributed by atoms with Gasteiger partial charge in [-0.15, -0.1) is 0 Å². The minimum Gasteiger partial charge on any atom is -0.494 e. The monoisotopic (exact) mass is 408 g/mol. The first-order valence-electron chi connectivity index (χ1n) is 10.7. The third kappa shape index (κ3) is 9.65. The maximum atomic E-state index is 11.9. The molecule has 162 valence electrons. The normalized spacial score (nSPS) is 16.7. The van der Waals surface area contributed by atoms with Crippen LogP contribution in [0.3, 0.4) is 0 Å². The highest BCUT2D eigenvalue weighted by Gasteiger charge is 2.18. The molecule has 7 nitrogen and oxygen atoms in total. The predicted molar refractivity (Wildman–Crippen MR) is 106 cm³/mol. The molecule has 2 rings (SSSR count). The molecule has 0 unspecified atom stereocenters. The van der Waals surface area contributed by atoms with E-state index >= 15 is 0 Å². The van der Waals surface area contributed by atoms with E-state index in [1.165, 1.54) is 44.2 Å². The Morgan fingerprint density at radius 3 is 1.93 bits per heavy atom. The zero-order valence-corrected chi connectivity index (χ0v) is 17.2. The Kier molecular flexibility index (Phi) is 11.0. The van der Waals surface area contributed by atoms with Gasteiger partial charge in [-0.25, -0.2) is 14.5 Å². The van der Waals surface area contributed by atoms with Crippen molar-refractivity contribution >= 4 is 12.1 Å². The molecule has 1 aromatic carbocycles. The highest BCUT2D eigenvalue weighted by atomic mass is 17.5. The van der Waals surface area contributed by atoms with Gasteiger partial charge < -0.3 is 9.47 Å². The van der Waals surface area contributed by atoms with E-state index in [-0.39, 0.29) is 11.7 Å². The van der Waals surface area contributed by atoms with Crippen molar-refractivity contribution in [2.75, 3.05) is 6.61 Å². The summed E-state index contributed by atoms with van der Waals surface area (Å²) in [7, 11) is 0. The van der Waals surface area contributed by atoms with Crippen molar-refractivity contribution < 1.29 is 33.9 Å². The van der Waals surface area contributed by atoms with Gasteiger partial charge in [0.15, 0.2) is 0 Å². The number of carbonyl (C=O) groups is 2. The smallest absolute Gasteiger partial charge is 0.494 e. The Morgan fingerprint density at radius 1 is 0.828 bits per heavy atom. The van der Waals surface area contributed by atoms with Crippen LogP contribution < -0.4 is 4.74 Å². The van der Waals surface area contributed by atoms with Gasteiger partial charge in [0.2, 0.25) is 0 Å². The SMILES string of the molecule is CCOc1ccc(C(=O)OOOC(=O)OC2CCCCCCCCCCC2)cc1. The Hall–Kier alpha value is -2.28. The molecule has 0 aromatic heterocycles. The summed E-state index contributed by atoms with van der Waals surface area (Å²) in [5.74, 6) is -0.145. The lowest BCUT2D eigenvalue weighted by Crippen LogP contribution is -2.20. The van der Waals surface area contributed by atoms with E-state index in [9.17, 15) is 9.59 Å². The van der Waals surface area contributed by atoms with Gasteiger partial charge >= 0.3 is 12.1 Å². The lowest BCUT2D eigenvalue weighted by atomic mass is 9.99. The van der Waals surface area contributed by atoms with Gasteiger partial charge in [0.05, 0.1) is 17.2 Å². The highest BCUT2D eigenvalue weighted by Crippen LogP contribution is 2.19. The average Bonchev–Trinajstić information content (AvgIpc) is 2.71. The molecular weight excluding hydrogens is 376 g/mol. The number of ether oxygens (including phenoxy) is 2. The van der Waals surface area contributed by atoms with Gasteiger partial charge in [-0.2, -0.15) is 0 Å². The van der Waals surface area contributed by atoms with E-state index in [1.807, 2.05) is 6.92 Å². The molecule has 1 aliphatic rings. The molecule has 0 amide bonds. The summed E-state index contributed by atoms with van der Waals surface area (Å²) in [6, 6.07) is 6.33. The summed E-state index contributed by atoms with van der Waals surface area (Å²) < 4.78 is 10.6. The van der Waals surface area contributed by atoms with E-state index in [0.29, 0.717) is 12.4 Å².